The summed E-state index contributed by atoms with van der Waals surface area (Å²) in [6.07, 6.45) is 2.39. The van der Waals surface area contributed by atoms with Crippen molar-refractivity contribution in [1.82, 2.24) is 20.1 Å². The number of halogens is 1. The minimum Gasteiger partial charge on any atom is -0.453 e. The van der Waals surface area contributed by atoms with Gasteiger partial charge in [-0.2, -0.15) is 5.10 Å². The van der Waals surface area contributed by atoms with Crippen molar-refractivity contribution in [2.45, 2.75) is 39.8 Å². The van der Waals surface area contributed by atoms with Gasteiger partial charge in [-0.25, -0.2) is 9.67 Å². The summed E-state index contributed by atoms with van der Waals surface area (Å²) in [5, 5.41) is 7.74. The van der Waals surface area contributed by atoms with Gasteiger partial charge in [0.05, 0.1) is 6.04 Å². The van der Waals surface area contributed by atoms with E-state index in [2.05, 4.69) is 52.1 Å². The molecule has 0 saturated carbocycles. The predicted molar refractivity (Wildman–Crippen MR) is 81.4 cm³/mol. The van der Waals surface area contributed by atoms with Crippen molar-refractivity contribution in [3.05, 3.63) is 34.7 Å². The second-order valence-corrected chi connectivity index (χ2v) is 5.99. The molecule has 1 N–H and O–H groups in total. The Bertz CT molecular complexity index is 535. The molecule has 2 aromatic rings. The zero-order valence-electron chi connectivity index (χ0n) is 12.1. The van der Waals surface area contributed by atoms with Crippen molar-refractivity contribution >= 4 is 15.9 Å². The van der Waals surface area contributed by atoms with Gasteiger partial charge in [-0.3, -0.25) is 0 Å². The lowest BCUT2D eigenvalue weighted by Crippen LogP contribution is -2.24. The molecule has 1 atom stereocenters. The second-order valence-electron chi connectivity index (χ2n) is 5.21. The fourth-order valence-electron chi connectivity index (χ4n) is 2.16. The Morgan fingerprint density at radius 2 is 2.20 bits per heavy atom. The van der Waals surface area contributed by atoms with Crippen LogP contribution in [0.2, 0.25) is 0 Å². The number of hydrogen-bond donors (Lipinski definition) is 1. The maximum Gasteiger partial charge on any atom is 0.169 e. The lowest BCUT2D eigenvalue weighted by Gasteiger charge is -2.16. The number of hydrogen-bond acceptors (Lipinski definition) is 4. The van der Waals surface area contributed by atoms with Crippen LogP contribution in [0.1, 0.15) is 38.4 Å². The summed E-state index contributed by atoms with van der Waals surface area (Å²) in [4.78, 5) is 4.38. The number of aromatic nitrogens is 3. The number of furan rings is 1. The van der Waals surface area contributed by atoms with Gasteiger partial charge < -0.3 is 9.73 Å². The fourth-order valence-corrected chi connectivity index (χ4v) is 2.48. The molecule has 0 fully saturated rings. The Hall–Kier alpha value is -1.14. The highest BCUT2D eigenvalue weighted by molar-refractivity contribution is 9.10. The van der Waals surface area contributed by atoms with Gasteiger partial charge in [0, 0.05) is 13.0 Å². The molecule has 0 saturated heterocycles. The Morgan fingerprint density at radius 3 is 2.80 bits per heavy atom. The summed E-state index contributed by atoms with van der Waals surface area (Å²) in [5.74, 6) is 2.45. The van der Waals surface area contributed by atoms with Crippen LogP contribution in [0.15, 0.2) is 27.5 Å². The zero-order valence-corrected chi connectivity index (χ0v) is 13.7. The molecule has 0 spiro atoms. The molecule has 2 rings (SSSR count). The third-order valence-corrected chi connectivity index (χ3v) is 3.43. The highest BCUT2D eigenvalue weighted by atomic mass is 79.9. The largest absolute Gasteiger partial charge is 0.453 e. The van der Waals surface area contributed by atoms with Crippen LogP contribution < -0.4 is 5.32 Å². The topological polar surface area (TPSA) is 55.9 Å². The maximum atomic E-state index is 5.66. The Labute approximate surface area is 127 Å². The van der Waals surface area contributed by atoms with Gasteiger partial charge in [0.2, 0.25) is 0 Å². The molecule has 0 aliphatic rings. The lowest BCUT2D eigenvalue weighted by atomic mass is 10.1. The van der Waals surface area contributed by atoms with Crippen molar-refractivity contribution < 1.29 is 4.42 Å². The third-order valence-electron chi connectivity index (χ3n) is 3.01. The van der Waals surface area contributed by atoms with E-state index in [0.717, 1.165) is 35.8 Å². The minimum absolute atomic E-state index is 0.112. The molecule has 0 bridgehead atoms. The van der Waals surface area contributed by atoms with Crippen LogP contribution in [0.25, 0.3) is 0 Å². The van der Waals surface area contributed by atoms with Crippen molar-refractivity contribution in [3.8, 4) is 0 Å². The molecule has 0 aliphatic heterocycles. The molecule has 0 aromatic carbocycles. The molecule has 6 heteroatoms. The van der Waals surface area contributed by atoms with Crippen LogP contribution in [-0.4, -0.2) is 21.3 Å². The van der Waals surface area contributed by atoms with E-state index in [0.29, 0.717) is 5.92 Å². The van der Waals surface area contributed by atoms with Gasteiger partial charge >= 0.3 is 0 Å². The first-order chi connectivity index (χ1) is 9.60. The van der Waals surface area contributed by atoms with Crippen LogP contribution >= 0.6 is 15.9 Å². The molecule has 2 heterocycles. The van der Waals surface area contributed by atoms with E-state index in [4.69, 9.17) is 4.42 Å². The van der Waals surface area contributed by atoms with E-state index < -0.39 is 0 Å². The number of likely N-dealkylation sites (N-methyl/N-ethyl adjacent to an activating group) is 1. The highest BCUT2D eigenvalue weighted by Gasteiger charge is 2.18. The van der Waals surface area contributed by atoms with Gasteiger partial charge in [-0.15, -0.1) is 0 Å². The van der Waals surface area contributed by atoms with Gasteiger partial charge in [0.1, 0.15) is 17.9 Å². The summed E-state index contributed by atoms with van der Waals surface area (Å²) in [7, 11) is 0. The second kappa shape index (κ2) is 7.04. The summed E-state index contributed by atoms with van der Waals surface area (Å²) in [6, 6.07) is 4.01. The zero-order chi connectivity index (χ0) is 14.5. The van der Waals surface area contributed by atoms with E-state index in [-0.39, 0.29) is 6.04 Å². The monoisotopic (exact) mass is 340 g/mol. The molecule has 110 valence electrons. The summed E-state index contributed by atoms with van der Waals surface area (Å²) in [5.41, 5.74) is 0. The van der Waals surface area contributed by atoms with Crippen molar-refractivity contribution in [3.63, 3.8) is 0 Å². The molecule has 2 aromatic heterocycles. The third kappa shape index (κ3) is 3.93. The van der Waals surface area contributed by atoms with Gasteiger partial charge in [-0.05, 0) is 40.5 Å². The summed E-state index contributed by atoms with van der Waals surface area (Å²) in [6.45, 7) is 8.20. The number of nitrogens with one attached hydrogen (secondary N) is 1. The first-order valence-corrected chi connectivity index (χ1v) is 7.74. The van der Waals surface area contributed by atoms with Crippen LogP contribution in [-0.2, 0) is 13.0 Å². The van der Waals surface area contributed by atoms with Gasteiger partial charge in [0.15, 0.2) is 4.67 Å². The molecule has 1 unspecified atom stereocenters. The summed E-state index contributed by atoms with van der Waals surface area (Å²) >= 11 is 3.35. The van der Waals surface area contributed by atoms with E-state index in [1.54, 1.807) is 6.33 Å². The average molecular weight is 341 g/mol. The van der Waals surface area contributed by atoms with E-state index in [9.17, 15) is 0 Å². The molecule has 0 amide bonds. The minimum atomic E-state index is 0.112. The van der Waals surface area contributed by atoms with Gasteiger partial charge in [-0.1, -0.05) is 20.8 Å². The fraction of sp³-hybridized carbons (Fsp3) is 0.571. The molecular formula is C14H21BrN4O. The van der Waals surface area contributed by atoms with Crippen molar-refractivity contribution in [2.75, 3.05) is 6.54 Å². The van der Waals surface area contributed by atoms with Crippen molar-refractivity contribution in [1.29, 1.82) is 0 Å². The first-order valence-electron chi connectivity index (χ1n) is 6.95. The first kappa shape index (κ1) is 15.3. The SMILES string of the molecule is CCNC(Cc1ncnn1CC(C)C)c1ccc(Br)o1. The van der Waals surface area contributed by atoms with Crippen LogP contribution in [0, 0.1) is 5.92 Å². The Balaban J connectivity index is 2.14. The summed E-state index contributed by atoms with van der Waals surface area (Å²) < 4.78 is 8.39. The highest BCUT2D eigenvalue weighted by Crippen LogP contribution is 2.23. The Kier molecular flexibility index (Phi) is 5.37. The molecule has 0 radical (unpaired) electrons. The van der Waals surface area contributed by atoms with E-state index >= 15 is 0 Å². The van der Waals surface area contributed by atoms with Crippen LogP contribution in [0.4, 0.5) is 0 Å². The predicted octanol–water partition coefficient (Wildman–Crippen LogP) is 3.18. The lowest BCUT2D eigenvalue weighted by molar-refractivity contribution is 0.388. The molecule has 5 nitrogen and oxygen atoms in total. The van der Waals surface area contributed by atoms with E-state index in [1.807, 2.05) is 16.8 Å². The van der Waals surface area contributed by atoms with Crippen LogP contribution in [0.5, 0.6) is 0 Å². The average Bonchev–Trinajstić information content (AvgIpc) is 2.98. The van der Waals surface area contributed by atoms with Crippen molar-refractivity contribution in [2.24, 2.45) is 5.92 Å². The van der Waals surface area contributed by atoms with E-state index in [1.165, 1.54) is 0 Å². The standard InChI is InChI=1S/C14H21BrN4O/c1-4-16-11(12-5-6-13(15)20-12)7-14-17-9-18-19(14)8-10(2)3/h5-6,9-11,16H,4,7-8H2,1-3H3. The molecule has 20 heavy (non-hydrogen) atoms. The maximum absolute atomic E-state index is 5.66. The normalized spacial score (nSPS) is 13.1. The molecule has 0 aliphatic carbocycles. The van der Waals surface area contributed by atoms with Crippen LogP contribution in [0.3, 0.4) is 0 Å². The molecular weight excluding hydrogens is 320 g/mol. The quantitative estimate of drug-likeness (QED) is 0.840. The number of rotatable bonds is 7. The smallest absolute Gasteiger partial charge is 0.169 e. The Morgan fingerprint density at radius 1 is 1.40 bits per heavy atom. The van der Waals surface area contributed by atoms with Gasteiger partial charge in [0.25, 0.3) is 0 Å². The number of nitrogens with zero attached hydrogens (tertiary/aromatic N) is 3.